The van der Waals surface area contributed by atoms with Crippen molar-refractivity contribution in [2.45, 2.75) is 32.5 Å². The Balaban J connectivity index is 2.02. The molecule has 1 aliphatic heterocycles. The minimum Gasteiger partial charge on any atom is -0.374 e. The Labute approximate surface area is 120 Å². The topological polar surface area (TPSA) is 47.4 Å². The first-order valence-electron chi connectivity index (χ1n) is 6.14. The van der Waals surface area contributed by atoms with E-state index in [1.165, 1.54) is 4.68 Å². The Morgan fingerprint density at radius 3 is 3.06 bits per heavy atom. The lowest BCUT2D eigenvalue weighted by atomic mass is 10.2. The van der Waals surface area contributed by atoms with Crippen LogP contribution in [0.5, 0.6) is 0 Å². The zero-order valence-electron chi connectivity index (χ0n) is 10.7. The molecule has 2 rings (SSSR count). The van der Waals surface area contributed by atoms with Crippen LogP contribution in [0.4, 0.5) is 0 Å². The smallest absolute Gasteiger partial charge is 0.267 e. The summed E-state index contributed by atoms with van der Waals surface area (Å²) in [6, 6.07) is 2.11. The lowest BCUT2D eigenvalue weighted by Crippen LogP contribution is -2.48. The van der Waals surface area contributed by atoms with Crippen molar-refractivity contribution < 1.29 is 4.74 Å². The van der Waals surface area contributed by atoms with Gasteiger partial charge in [0.15, 0.2) is 0 Å². The van der Waals surface area contributed by atoms with Gasteiger partial charge in [-0.15, -0.1) is 0 Å². The van der Waals surface area contributed by atoms with Crippen molar-refractivity contribution in [1.29, 1.82) is 0 Å². The summed E-state index contributed by atoms with van der Waals surface area (Å²) in [4.78, 5) is 14.1. The molecule has 0 amide bonds. The second-order valence-corrected chi connectivity index (χ2v) is 6.02. The minimum atomic E-state index is -0.0628. The molecular formula is C12H18IN3O2. The van der Waals surface area contributed by atoms with Gasteiger partial charge in [0.2, 0.25) is 0 Å². The molecule has 1 unspecified atom stereocenters. The van der Waals surface area contributed by atoms with Crippen LogP contribution in [0.25, 0.3) is 0 Å². The second kappa shape index (κ2) is 6.12. The average Bonchev–Trinajstić information content (AvgIpc) is 2.33. The fourth-order valence-electron chi connectivity index (χ4n) is 2.06. The van der Waals surface area contributed by atoms with Crippen LogP contribution in [0.2, 0.25) is 0 Å². The molecule has 0 radical (unpaired) electrons. The Kier molecular flexibility index (Phi) is 4.74. The minimum absolute atomic E-state index is 0.0476. The third-order valence-electron chi connectivity index (χ3n) is 3.11. The van der Waals surface area contributed by atoms with Crippen LogP contribution in [0.1, 0.15) is 13.8 Å². The number of hydrogen-bond acceptors (Lipinski definition) is 4. The van der Waals surface area contributed by atoms with E-state index in [4.69, 9.17) is 4.74 Å². The third kappa shape index (κ3) is 3.52. The van der Waals surface area contributed by atoms with Gasteiger partial charge >= 0.3 is 0 Å². The van der Waals surface area contributed by atoms with Gasteiger partial charge in [0.1, 0.15) is 0 Å². The van der Waals surface area contributed by atoms with Gasteiger partial charge in [0.05, 0.1) is 25.5 Å². The van der Waals surface area contributed by atoms with Crippen LogP contribution in [-0.4, -0.2) is 46.5 Å². The SMILES string of the molecule is CC(C)N1CCOC(Cn2ncc(I)cc2=O)C1. The van der Waals surface area contributed by atoms with E-state index in [-0.39, 0.29) is 11.7 Å². The molecule has 1 atom stereocenters. The summed E-state index contributed by atoms with van der Waals surface area (Å²) in [6.45, 7) is 7.43. The predicted molar refractivity (Wildman–Crippen MR) is 77.7 cm³/mol. The molecule has 0 bridgehead atoms. The Bertz CT molecular complexity index is 461. The van der Waals surface area contributed by atoms with Crippen molar-refractivity contribution in [3.8, 4) is 0 Å². The number of rotatable bonds is 3. The Morgan fingerprint density at radius 2 is 2.39 bits per heavy atom. The van der Waals surface area contributed by atoms with Crippen LogP contribution in [0.3, 0.4) is 0 Å². The lowest BCUT2D eigenvalue weighted by molar-refractivity contribution is -0.0475. The monoisotopic (exact) mass is 363 g/mol. The molecule has 1 aromatic heterocycles. The van der Waals surface area contributed by atoms with Gasteiger partial charge in [0, 0.05) is 28.8 Å². The molecule has 1 saturated heterocycles. The molecule has 2 heterocycles. The quantitative estimate of drug-likeness (QED) is 0.751. The Hall–Kier alpha value is -0.470. The summed E-state index contributed by atoms with van der Waals surface area (Å²) in [6.07, 6.45) is 1.75. The van der Waals surface area contributed by atoms with Gasteiger partial charge in [-0.25, -0.2) is 4.68 Å². The maximum absolute atomic E-state index is 11.8. The first kappa shape index (κ1) is 14.0. The molecule has 6 heteroatoms. The van der Waals surface area contributed by atoms with E-state index in [1.54, 1.807) is 12.3 Å². The zero-order valence-corrected chi connectivity index (χ0v) is 12.8. The fourth-order valence-corrected chi connectivity index (χ4v) is 2.45. The fraction of sp³-hybridized carbons (Fsp3) is 0.667. The van der Waals surface area contributed by atoms with Gasteiger partial charge in [-0.1, -0.05) is 0 Å². The molecule has 1 fully saturated rings. The summed E-state index contributed by atoms with van der Waals surface area (Å²) in [7, 11) is 0. The summed E-state index contributed by atoms with van der Waals surface area (Å²) in [5.41, 5.74) is -0.0628. The Morgan fingerprint density at radius 1 is 1.61 bits per heavy atom. The third-order valence-corrected chi connectivity index (χ3v) is 3.70. The van der Waals surface area contributed by atoms with Crippen LogP contribution in [-0.2, 0) is 11.3 Å². The van der Waals surface area contributed by atoms with Crippen LogP contribution < -0.4 is 5.56 Å². The first-order valence-corrected chi connectivity index (χ1v) is 7.22. The zero-order chi connectivity index (χ0) is 13.1. The maximum atomic E-state index is 11.8. The maximum Gasteiger partial charge on any atom is 0.267 e. The molecule has 0 aliphatic carbocycles. The van der Waals surface area contributed by atoms with Gasteiger partial charge < -0.3 is 4.74 Å². The van der Waals surface area contributed by atoms with E-state index in [0.29, 0.717) is 12.6 Å². The number of halogens is 1. The highest BCUT2D eigenvalue weighted by Gasteiger charge is 2.23. The normalized spacial score (nSPS) is 21.4. The number of ether oxygens (including phenoxy) is 1. The van der Waals surface area contributed by atoms with Gasteiger partial charge in [-0.2, -0.15) is 5.10 Å². The standard InChI is InChI=1S/C12H18IN3O2/c1-9(2)15-3-4-18-11(7-15)8-16-12(17)5-10(13)6-14-16/h5-6,9,11H,3-4,7-8H2,1-2H3. The average molecular weight is 363 g/mol. The van der Waals surface area contributed by atoms with Crippen molar-refractivity contribution in [3.63, 3.8) is 0 Å². The van der Waals surface area contributed by atoms with Crippen LogP contribution >= 0.6 is 22.6 Å². The first-order chi connectivity index (χ1) is 8.56. The molecule has 0 aromatic carbocycles. The number of nitrogens with zero attached hydrogens (tertiary/aromatic N) is 3. The molecule has 18 heavy (non-hydrogen) atoms. The van der Waals surface area contributed by atoms with Crippen molar-refractivity contribution in [1.82, 2.24) is 14.7 Å². The molecule has 0 spiro atoms. The van der Waals surface area contributed by atoms with Crippen LogP contribution in [0.15, 0.2) is 17.1 Å². The molecule has 1 aromatic rings. The van der Waals surface area contributed by atoms with E-state index in [9.17, 15) is 4.79 Å². The van der Waals surface area contributed by atoms with Crippen molar-refractivity contribution in [2.75, 3.05) is 19.7 Å². The molecular weight excluding hydrogens is 345 g/mol. The van der Waals surface area contributed by atoms with Crippen LogP contribution in [0, 0.1) is 3.57 Å². The summed E-state index contributed by atoms with van der Waals surface area (Å²) < 4.78 is 8.05. The van der Waals surface area contributed by atoms with E-state index in [1.807, 2.05) is 0 Å². The summed E-state index contributed by atoms with van der Waals surface area (Å²) in [5, 5.41) is 4.14. The molecule has 0 saturated carbocycles. The van der Waals surface area contributed by atoms with E-state index in [0.717, 1.165) is 23.3 Å². The highest BCUT2D eigenvalue weighted by Crippen LogP contribution is 2.09. The molecule has 0 N–H and O–H groups in total. The second-order valence-electron chi connectivity index (χ2n) is 4.78. The van der Waals surface area contributed by atoms with E-state index >= 15 is 0 Å². The van der Waals surface area contributed by atoms with Gasteiger partial charge in [-0.3, -0.25) is 9.69 Å². The summed E-state index contributed by atoms with van der Waals surface area (Å²) >= 11 is 2.09. The van der Waals surface area contributed by atoms with Gasteiger partial charge in [0.25, 0.3) is 5.56 Å². The highest BCUT2D eigenvalue weighted by molar-refractivity contribution is 14.1. The van der Waals surface area contributed by atoms with Crippen molar-refractivity contribution in [2.24, 2.45) is 0 Å². The summed E-state index contributed by atoms with van der Waals surface area (Å²) in [5.74, 6) is 0. The number of morpholine rings is 1. The van der Waals surface area contributed by atoms with E-state index < -0.39 is 0 Å². The largest absolute Gasteiger partial charge is 0.374 e. The van der Waals surface area contributed by atoms with Gasteiger partial charge in [-0.05, 0) is 36.4 Å². The highest BCUT2D eigenvalue weighted by atomic mass is 127. The lowest BCUT2D eigenvalue weighted by Gasteiger charge is -2.35. The predicted octanol–water partition coefficient (Wildman–Crippen LogP) is 0.957. The molecule has 1 aliphatic rings. The van der Waals surface area contributed by atoms with Crippen molar-refractivity contribution >= 4 is 22.6 Å². The van der Waals surface area contributed by atoms with Crippen molar-refractivity contribution in [3.05, 3.63) is 26.2 Å². The number of hydrogen-bond donors (Lipinski definition) is 0. The number of aromatic nitrogens is 2. The molecule has 5 nitrogen and oxygen atoms in total. The van der Waals surface area contributed by atoms with E-state index in [2.05, 4.69) is 46.4 Å². The molecule has 100 valence electrons.